The monoisotopic (exact) mass is 382 g/mol. The maximum atomic E-state index is 6.10. The molecule has 3 aromatic rings. The molecule has 3 rings (SSSR count). The van der Waals surface area contributed by atoms with Gasteiger partial charge in [-0.15, -0.1) is 22.7 Å². The van der Waals surface area contributed by atoms with Crippen LogP contribution in [-0.2, 0) is 6.54 Å². The number of benzene rings is 1. The van der Waals surface area contributed by atoms with Crippen LogP contribution in [0.4, 0.5) is 5.69 Å². The minimum Gasteiger partial charge on any atom is -0.315 e. The zero-order chi connectivity index (χ0) is 16.4. The average Bonchev–Trinajstić information content (AvgIpc) is 3.08. The molecular formula is C17H16Cl2N2S2. The van der Waals surface area contributed by atoms with Crippen molar-refractivity contribution in [3.05, 3.63) is 55.9 Å². The van der Waals surface area contributed by atoms with Gasteiger partial charge in [-0.2, -0.15) is 0 Å². The number of thiazole rings is 1. The highest BCUT2D eigenvalue weighted by atomic mass is 35.5. The highest BCUT2D eigenvalue weighted by Gasteiger charge is 2.11. The van der Waals surface area contributed by atoms with Crippen LogP contribution in [0, 0.1) is 5.92 Å². The maximum absolute atomic E-state index is 6.10. The van der Waals surface area contributed by atoms with Crippen LogP contribution in [0.5, 0.6) is 0 Å². The third-order valence-electron chi connectivity index (χ3n) is 3.22. The normalized spacial score (nSPS) is 12.3. The summed E-state index contributed by atoms with van der Waals surface area (Å²) in [5.74, 6) is 0.531. The van der Waals surface area contributed by atoms with E-state index in [2.05, 4.69) is 29.9 Å². The summed E-state index contributed by atoms with van der Waals surface area (Å²) in [6.07, 6.45) is 0. The molecule has 120 valence electrons. The first kappa shape index (κ1) is 16.8. The number of halogens is 2. The van der Waals surface area contributed by atoms with Gasteiger partial charge < -0.3 is 4.57 Å². The lowest BCUT2D eigenvalue weighted by atomic mass is 10.2. The SMILES string of the molecule is CC(C)Cn1c(-c2ccc(Cl)s2)csc1=Nc1ccc(Cl)cc1. The van der Waals surface area contributed by atoms with Crippen molar-refractivity contribution in [3.63, 3.8) is 0 Å². The Labute approximate surface area is 153 Å². The van der Waals surface area contributed by atoms with Crippen molar-refractivity contribution in [1.29, 1.82) is 0 Å². The van der Waals surface area contributed by atoms with Crippen LogP contribution in [0.15, 0.2) is 46.8 Å². The molecule has 0 N–H and O–H groups in total. The fraction of sp³-hybridized carbons (Fsp3) is 0.235. The molecule has 0 saturated carbocycles. The van der Waals surface area contributed by atoms with E-state index in [0.29, 0.717) is 5.92 Å². The molecule has 0 radical (unpaired) electrons. The van der Waals surface area contributed by atoms with E-state index in [4.69, 9.17) is 28.2 Å². The van der Waals surface area contributed by atoms with E-state index in [1.165, 1.54) is 10.6 Å². The van der Waals surface area contributed by atoms with E-state index in [0.717, 1.165) is 26.4 Å². The maximum Gasteiger partial charge on any atom is 0.190 e. The number of nitrogens with zero attached hydrogens (tertiary/aromatic N) is 2. The van der Waals surface area contributed by atoms with Crippen molar-refractivity contribution in [2.45, 2.75) is 20.4 Å². The molecule has 0 aliphatic heterocycles. The third kappa shape index (κ3) is 4.07. The van der Waals surface area contributed by atoms with Crippen molar-refractivity contribution < 1.29 is 0 Å². The van der Waals surface area contributed by atoms with Crippen LogP contribution in [0.25, 0.3) is 10.6 Å². The van der Waals surface area contributed by atoms with Crippen LogP contribution < -0.4 is 4.80 Å². The van der Waals surface area contributed by atoms with Crippen molar-refractivity contribution >= 4 is 51.6 Å². The second-order valence-electron chi connectivity index (χ2n) is 5.60. The van der Waals surface area contributed by atoms with Gasteiger partial charge in [0.1, 0.15) is 0 Å². The molecule has 0 unspecified atom stereocenters. The number of thiophene rings is 1. The topological polar surface area (TPSA) is 17.3 Å². The Morgan fingerprint density at radius 1 is 1.09 bits per heavy atom. The van der Waals surface area contributed by atoms with E-state index in [1.54, 1.807) is 22.7 Å². The number of hydrogen-bond donors (Lipinski definition) is 0. The first-order valence-electron chi connectivity index (χ1n) is 7.27. The Hall–Kier alpha value is -1.07. The summed E-state index contributed by atoms with van der Waals surface area (Å²) < 4.78 is 3.07. The van der Waals surface area contributed by atoms with E-state index < -0.39 is 0 Å². The zero-order valence-electron chi connectivity index (χ0n) is 12.8. The van der Waals surface area contributed by atoms with Crippen molar-refractivity contribution in [1.82, 2.24) is 4.57 Å². The minimum absolute atomic E-state index is 0.531. The molecule has 0 spiro atoms. The van der Waals surface area contributed by atoms with Crippen LogP contribution >= 0.6 is 45.9 Å². The summed E-state index contributed by atoms with van der Waals surface area (Å²) >= 11 is 15.3. The molecule has 6 heteroatoms. The Balaban J connectivity index is 2.10. The molecule has 0 saturated heterocycles. The van der Waals surface area contributed by atoms with Crippen LogP contribution in [0.2, 0.25) is 9.36 Å². The van der Waals surface area contributed by atoms with Gasteiger partial charge in [-0.25, -0.2) is 4.99 Å². The van der Waals surface area contributed by atoms with Gasteiger partial charge in [0.2, 0.25) is 0 Å². The summed E-state index contributed by atoms with van der Waals surface area (Å²) in [6.45, 7) is 5.34. The Morgan fingerprint density at radius 3 is 2.43 bits per heavy atom. The predicted octanol–water partition coefficient (Wildman–Crippen LogP) is 6.47. The minimum atomic E-state index is 0.531. The summed E-state index contributed by atoms with van der Waals surface area (Å²) in [7, 11) is 0. The van der Waals surface area contributed by atoms with Gasteiger partial charge in [-0.05, 0) is 42.3 Å². The molecule has 0 amide bonds. The fourth-order valence-corrected chi connectivity index (χ4v) is 4.43. The summed E-state index contributed by atoms with van der Waals surface area (Å²) in [6, 6.07) is 11.6. The van der Waals surface area contributed by atoms with E-state index in [1.807, 2.05) is 30.3 Å². The first-order chi connectivity index (χ1) is 11.0. The fourth-order valence-electron chi connectivity index (χ4n) is 2.24. The molecule has 0 atom stereocenters. The van der Waals surface area contributed by atoms with Crippen molar-refractivity contribution in [3.8, 4) is 10.6 Å². The molecule has 0 fully saturated rings. The lowest BCUT2D eigenvalue weighted by molar-refractivity contribution is 0.518. The largest absolute Gasteiger partial charge is 0.315 e. The van der Waals surface area contributed by atoms with Crippen molar-refractivity contribution in [2.75, 3.05) is 0 Å². The molecule has 1 aromatic carbocycles. The number of hydrogen-bond acceptors (Lipinski definition) is 3. The van der Waals surface area contributed by atoms with Gasteiger partial charge >= 0.3 is 0 Å². The summed E-state index contributed by atoms with van der Waals surface area (Å²) in [5, 5.41) is 2.87. The van der Waals surface area contributed by atoms with E-state index in [-0.39, 0.29) is 0 Å². The van der Waals surface area contributed by atoms with Crippen LogP contribution in [-0.4, -0.2) is 4.57 Å². The highest BCUT2D eigenvalue weighted by molar-refractivity contribution is 7.19. The molecule has 0 aliphatic carbocycles. The molecular weight excluding hydrogens is 367 g/mol. The van der Waals surface area contributed by atoms with Gasteiger partial charge in [-0.3, -0.25) is 0 Å². The van der Waals surface area contributed by atoms with Crippen molar-refractivity contribution in [2.24, 2.45) is 10.9 Å². The third-order valence-corrected chi connectivity index (χ3v) is 5.59. The highest BCUT2D eigenvalue weighted by Crippen LogP contribution is 2.31. The molecule has 0 aliphatic rings. The second kappa shape index (κ2) is 7.22. The van der Waals surface area contributed by atoms with E-state index in [9.17, 15) is 0 Å². The zero-order valence-corrected chi connectivity index (χ0v) is 15.9. The molecule has 23 heavy (non-hydrogen) atoms. The van der Waals surface area contributed by atoms with Crippen LogP contribution in [0.3, 0.4) is 0 Å². The lowest BCUT2D eigenvalue weighted by Crippen LogP contribution is -2.18. The number of rotatable bonds is 4. The quantitative estimate of drug-likeness (QED) is 0.491. The molecule has 2 aromatic heterocycles. The molecule has 2 heterocycles. The van der Waals surface area contributed by atoms with Gasteiger partial charge in [0.25, 0.3) is 0 Å². The standard InChI is InChI=1S/C17H16Cl2N2S2/c1-11(2)9-21-14(15-7-8-16(19)23-15)10-22-17(21)20-13-5-3-12(18)4-6-13/h3-8,10-11H,9H2,1-2H3. The van der Waals surface area contributed by atoms with Gasteiger partial charge in [0, 0.05) is 16.9 Å². The van der Waals surface area contributed by atoms with Gasteiger partial charge in [0.05, 0.1) is 20.6 Å². The predicted molar refractivity (Wildman–Crippen MR) is 102 cm³/mol. The Morgan fingerprint density at radius 2 is 1.83 bits per heavy atom. The number of aromatic nitrogens is 1. The summed E-state index contributed by atoms with van der Waals surface area (Å²) in [5.41, 5.74) is 2.08. The lowest BCUT2D eigenvalue weighted by Gasteiger charge is -2.10. The van der Waals surface area contributed by atoms with E-state index >= 15 is 0 Å². The Bertz CT molecular complexity index is 857. The molecule has 2 nitrogen and oxygen atoms in total. The molecule has 0 bridgehead atoms. The van der Waals surface area contributed by atoms with Gasteiger partial charge in [0.15, 0.2) is 4.80 Å². The van der Waals surface area contributed by atoms with Crippen LogP contribution in [0.1, 0.15) is 13.8 Å². The second-order valence-corrected chi connectivity index (χ2v) is 8.59. The van der Waals surface area contributed by atoms with Gasteiger partial charge in [-0.1, -0.05) is 37.0 Å². The first-order valence-corrected chi connectivity index (χ1v) is 9.72. The smallest absolute Gasteiger partial charge is 0.190 e. The Kier molecular flexibility index (Phi) is 5.27. The summed E-state index contributed by atoms with van der Waals surface area (Å²) in [4.78, 5) is 6.94. The average molecular weight is 383 g/mol.